The van der Waals surface area contributed by atoms with Crippen LogP contribution in [0.15, 0.2) is 12.1 Å². The smallest absolute Gasteiger partial charge is 0.125 e. The lowest BCUT2D eigenvalue weighted by Gasteiger charge is -2.36. The van der Waals surface area contributed by atoms with Crippen molar-refractivity contribution >= 4 is 11.6 Å². The van der Waals surface area contributed by atoms with E-state index in [2.05, 4.69) is 19.2 Å². The van der Waals surface area contributed by atoms with Crippen molar-refractivity contribution in [2.24, 2.45) is 11.8 Å². The molecule has 1 aromatic carbocycles. The van der Waals surface area contributed by atoms with Crippen molar-refractivity contribution in [2.75, 3.05) is 13.1 Å². The van der Waals surface area contributed by atoms with E-state index in [9.17, 15) is 5.11 Å². The van der Waals surface area contributed by atoms with Crippen LogP contribution in [0.1, 0.15) is 43.7 Å². The van der Waals surface area contributed by atoms with E-state index in [0.717, 1.165) is 47.8 Å². The summed E-state index contributed by atoms with van der Waals surface area (Å²) in [6.45, 7) is 8.36. The number of aliphatic hydroxyl groups excluding tert-OH is 1. The second-order valence-corrected chi connectivity index (χ2v) is 7.57. The highest BCUT2D eigenvalue weighted by Gasteiger charge is 2.40. The van der Waals surface area contributed by atoms with Gasteiger partial charge in [0.05, 0.1) is 6.10 Å². The first-order valence-electron chi connectivity index (χ1n) is 8.31. The Bertz CT molecular complexity index is 546. The lowest BCUT2D eigenvalue weighted by molar-refractivity contribution is -0.0236. The Labute approximate surface area is 138 Å². The summed E-state index contributed by atoms with van der Waals surface area (Å²) in [7, 11) is 0. The number of rotatable bonds is 3. The van der Waals surface area contributed by atoms with E-state index in [-0.39, 0.29) is 12.2 Å². The van der Waals surface area contributed by atoms with Crippen LogP contribution in [0.4, 0.5) is 0 Å². The number of aliphatic hydroxyl groups is 1. The molecule has 0 radical (unpaired) electrons. The molecule has 22 heavy (non-hydrogen) atoms. The molecule has 2 fully saturated rings. The summed E-state index contributed by atoms with van der Waals surface area (Å²) in [5.41, 5.74) is 2.14. The second kappa shape index (κ2) is 6.38. The predicted octanol–water partition coefficient (Wildman–Crippen LogP) is 3.51. The van der Waals surface area contributed by atoms with Crippen LogP contribution in [-0.4, -0.2) is 30.4 Å². The van der Waals surface area contributed by atoms with Gasteiger partial charge in [-0.15, -0.1) is 0 Å². The number of ether oxygens (including phenoxy) is 1. The maximum atomic E-state index is 10.5. The molecule has 4 atom stereocenters. The van der Waals surface area contributed by atoms with Crippen LogP contribution in [0.2, 0.25) is 5.02 Å². The van der Waals surface area contributed by atoms with E-state index in [1.807, 2.05) is 19.1 Å². The van der Waals surface area contributed by atoms with Crippen LogP contribution in [-0.2, 0) is 0 Å². The van der Waals surface area contributed by atoms with E-state index in [4.69, 9.17) is 16.3 Å². The third-order valence-electron chi connectivity index (χ3n) is 5.18. The topological polar surface area (TPSA) is 41.5 Å². The van der Waals surface area contributed by atoms with Gasteiger partial charge >= 0.3 is 0 Å². The average molecular weight is 324 g/mol. The molecule has 1 aliphatic heterocycles. The van der Waals surface area contributed by atoms with Gasteiger partial charge in [-0.05, 0) is 73.9 Å². The highest BCUT2D eigenvalue weighted by molar-refractivity contribution is 6.31. The van der Waals surface area contributed by atoms with Gasteiger partial charge in [0.2, 0.25) is 0 Å². The number of aryl methyl sites for hydroxylation is 1. The average Bonchev–Trinajstić information content (AvgIpc) is 2.89. The first kappa shape index (κ1) is 16.1. The van der Waals surface area contributed by atoms with Gasteiger partial charge in [-0.3, -0.25) is 0 Å². The Morgan fingerprint density at radius 3 is 2.59 bits per heavy atom. The summed E-state index contributed by atoms with van der Waals surface area (Å²) in [5, 5.41) is 14.7. The van der Waals surface area contributed by atoms with Gasteiger partial charge in [-0.2, -0.15) is 0 Å². The van der Waals surface area contributed by atoms with Gasteiger partial charge in [0.1, 0.15) is 11.9 Å². The molecular weight excluding hydrogens is 298 g/mol. The maximum absolute atomic E-state index is 10.5. The summed E-state index contributed by atoms with van der Waals surface area (Å²) in [5.74, 6) is 2.45. The minimum Gasteiger partial charge on any atom is -0.487 e. The van der Waals surface area contributed by atoms with E-state index in [0.29, 0.717) is 17.8 Å². The van der Waals surface area contributed by atoms with E-state index in [1.54, 1.807) is 0 Å². The summed E-state index contributed by atoms with van der Waals surface area (Å²) >= 11 is 6.26. The van der Waals surface area contributed by atoms with E-state index >= 15 is 0 Å². The fourth-order valence-electron chi connectivity index (χ4n) is 3.77. The van der Waals surface area contributed by atoms with Crippen LogP contribution in [0.5, 0.6) is 5.75 Å². The molecule has 1 heterocycles. The molecule has 1 saturated carbocycles. The van der Waals surface area contributed by atoms with Crippen molar-refractivity contribution in [3.05, 3.63) is 28.3 Å². The fraction of sp³-hybridized carbons (Fsp3) is 0.667. The number of halogens is 1. The standard InChI is InChI=1S/C18H26ClNO2/c1-10(2)14-7-15(19)11(3)4-17(14)22-18-6-13-9-20-8-12(13)5-16(18)21/h4,7,10,12-13,16,18,20-21H,5-6,8-9H2,1-3H3/t12-,13+,16+,18+/m0/s1. The Morgan fingerprint density at radius 1 is 1.23 bits per heavy atom. The van der Waals surface area contributed by atoms with Gasteiger partial charge < -0.3 is 15.2 Å². The molecule has 122 valence electrons. The van der Waals surface area contributed by atoms with Gasteiger partial charge in [0.15, 0.2) is 0 Å². The van der Waals surface area contributed by atoms with Gasteiger partial charge in [0, 0.05) is 5.02 Å². The molecule has 2 N–H and O–H groups in total. The zero-order valence-corrected chi connectivity index (χ0v) is 14.4. The van der Waals surface area contributed by atoms with Crippen LogP contribution in [0.25, 0.3) is 0 Å². The molecule has 4 heteroatoms. The molecule has 2 aliphatic rings. The molecule has 3 nitrogen and oxygen atoms in total. The quantitative estimate of drug-likeness (QED) is 0.894. The molecular formula is C18H26ClNO2. The third kappa shape index (κ3) is 3.12. The first-order valence-corrected chi connectivity index (χ1v) is 8.69. The zero-order valence-electron chi connectivity index (χ0n) is 13.6. The monoisotopic (exact) mass is 323 g/mol. The third-order valence-corrected chi connectivity index (χ3v) is 5.59. The number of nitrogens with one attached hydrogen (secondary N) is 1. The lowest BCUT2D eigenvalue weighted by atomic mass is 9.78. The van der Waals surface area contributed by atoms with Gasteiger partial charge in [-0.25, -0.2) is 0 Å². The van der Waals surface area contributed by atoms with Crippen LogP contribution in [0, 0.1) is 18.8 Å². The maximum Gasteiger partial charge on any atom is 0.125 e. The number of fused-ring (bicyclic) bond motifs is 1. The van der Waals surface area contributed by atoms with E-state index in [1.165, 1.54) is 0 Å². The zero-order chi connectivity index (χ0) is 15.9. The SMILES string of the molecule is Cc1cc(O[C@@H]2C[C@@H]3CNC[C@@H]3C[C@H]2O)c(C(C)C)cc1Cl. The summed E-state index contributed by atoms with van der Waals surface area (Å²) in [6.07, 6.45) is 1.28. The fourth-order valence-corrected chi connectivity index (χ4v) is 3.94. The minimum absolute atomic E-state index is 0.112. The van der Waals surface area contributed by atoms with E-state index < -0.39 is 0 Å². The second-order valence-electron chi connectivity index (χ2n) is 7.17. The molecule has 0 bridgehead atoms. The largest absolute Gasteiger partial charge is 0.487 e. The predicted molar refractivity (Wildman–Crippen MR) is 89.8 cm³/mol. The highest BCUT2D eigenvalue weighted by Crippen LogP contribution is 2.38. The molecule has 3 rings (SSSR count). The number of benzene rings is 1. The number of hydrogen-bond acceptors (Lipinski definition) is 3. The Kier molecular flexibility index (Phi) is 4.67. The van der Waals surface area contributed by atoms with Crippen molar-refractivity contribution in [2.45, 2.75) is 51.7 Å². The van der Waals surface area contributed by atoms with Gasteiger partial charge in [0.25, 0.3) is 0 Å². The Balaban J connectivity index is 1.81. The number of hydrogen-bond donors (Lipinski definition) is 2. The Morgan fingerprint density at radius 2 is 1.91 bits per heavy atom. The minimum atomic E-state index is -0.378. The Hall–Kier alpha value is -0.770. The van der Waals surface area contributed by atoms with Crippen LogP contribution in [0.3, 0.4) is 0 Å². The molecule has 0 amide bonds. The summed E-state index contributed by atoms with van der Waals surface area (Å²) in [4.78, 5) is 0. The van der Waals surface area contributed by atoms with Crippen LogP contribution < -0.4 is 10.1 Å². The lowest BCUT2D eigenvalue weighted by Crippen LogP contribution is -2.42. The van der Waals surface area contributed by atoms with Crippen molar-refractivity contribution in [1.82, 2.24) is 5.32 Å². The normalized spacial score (nSPS) is 31.4. The summed E-state index contributed by atoms with van der Waals surface area (Å²) < 4.78 is 6.27. The van der Waals surface area contributed by atoms with Crippen molar-refractivity contribution in [3.63, 3.8) is 0 Å². The van der Waals surface area contributed by atoms with Crippen LogP contribution >= 0.6 is 11.6 Å². The molecule has 0 spiro atoms. The summed E-state index contributed by atoms with van der Waals surface area (Å²) in [6, 6.07) is 4.02. The molecule has 1 aliphatic carbocycles. The molecule has 1 saturated heterocycles. The molecule has 0 unspecified atom stereocenters. The molecule has 1 aromatic rings. The first-order chi connectivity index (χ1) is 10.5. The van der Waals surface area contributed by atoms with Gasteiger partial charge in [-0.1, -0.05) is 25.4 Å². The van der Waals surface area contributed by atoms with Crippen molar-refractivity contribution in [3.8, 4) is 5.75 Å². The highest BCUT2D eigenvalue weighted by atomic mass is 35.5. The van der Waals surface area contributed by atoms with Crippen molar-refractivity contribution < 1.29 is 9.84 Å². The van der Waals surface area contributed by atoms with Crippen molar-refractivity contribution in [1.29, 1.82) is 0 Å². The molecule has 0 aromatic heterocycles.